The van der Waals surface area contributed by atoms with Crippen molar-refractivity contribution in [2.24, 2.45) is 0 Å². The number of fused-ring (bicyclic) bond motifs is 3. The first-order valence-corrected chi connectivity index (χ1v) is 8.75. The minimum absolute atomic E-state index is 1.00. The van der Waals surface area contributed by atoms with Crippen LogP contribution in [0.2, 0.25) is 0 Å². The van der Waals surface area contributed by atoms with Crippen LogP contribution < -0.4 is 4.98 Å². The van der Waals surface area contributed by atoms with Crippen LogP contribution in [0.3, 0.4) is 0 Å². The number of nitrogens with one attached hydrogen (secondary N) is 1. The predicted molar refractivity (Wildman–Crippen MR) is 107 cm³/mol. The smallest absolute Gasteiger partial charge is 0.237 e. The highest BCUT2D eigenvalue weighted by atomic mass is 14.7. The SMILES string of the molecule is c1ccc(-c2ccnc3c2ccc2c(-c4ccccc4)cc[nH+]c23)cc1. The Morgan fingerprint density at radius 1 is 0.577 bits per heavy atom. The molecule has 122 valence electrons. The van der Waals surface area contributed by atoms with Crippen LogP contribution in [0.4, 0.5) is 0 Å². The molecular weight excluding hydrogens is 316 g/mol. The molecule has 5 rings (SSSR count). The summed E-state index contributed by atoms with van der Waals surface area (Å²) in [5.41, 5.74) is 6.91. The summed E-state index contributed by atoms with van der Waals surface area (Å²) in [6.07, 6.45) is 3.90. The molecule has 0 aliphatic rings. The van der Waals surface area contributed by atoms with Crippen molar-refractivity contribution in [2.45, 2.75) is 0 Å². The molecule has 5 aromatic rings. The lowest BCUT2D eigenvalue weighted by molar-refractivity contribution is -0.343. The Hall–Kier alpha value is -3.52. The Balaban J connectivity index is 1.82. The van der Waals surface area contributed by atoms with Crippen LogP contribution in [-0.4, -0.2) is 4.98 Å². The summed E-state index contributed by atoms with van der Waals surface area (Å²) in [5, 5.41) is 2.34. The molecule has 0 radical (unpaired) electrons. The second kappa shape index (κ2) is 6.08. The second-order valence-corrected chi connectivity index (χ2v) is 6.37. The van der Waals surface area contributed by atoms with Gasteiger partial charge in [-0.15, -0.1) is 0 Å². The normalized spacial score (nSPS) is 11.1. The zero-order valence-electron chi connectivity index (χ0n) is 14.2. The number of pyridine rings is 2. The summed E-state index contributed by atoms with van der Waals surface area (Å²) in [4.78, 5) is 8.12. The first-order chi connectivity index (χ1) is 12.9. The number of hydrogen-bond donors (Lipinski definition) is 0. The quantitative estimate of drug-likeness (QED) is 0.390. The summed E-state index contributed by atoms with van der Waals surface area (Å²) in [5.74, 6) is 0. The van der Waals surface area contributed by atoms with Gasteiger partial charge in [0.1, 0.15) is 5.52 Å². The maximum Gasteiger partial charge on any atom is 0.237 e. The van der Waals surface area contributed by atoms with Crippen LogP contribution >= 0.6 is 0 Å². The largest absolute Gasteiger partial charge is 0.249 e. The molecule has 2 aromatic heterocycles. The Bertz CT molecular complexity index is 1110. The van der Waals surface area contributed by atoms with Crippen molar-refractivity contribution in [2.75, 3.05) is 0 Å². The van der Waals surface area contributed by atoms with Gasteiger partial charge in [0.2, 0.25) is 5.52 Å². The van der Waals surface area contributed by atoms with Gasteiger partial charge in [0.25, 0.3) is 0 Å². The van der Waals surface area contributed by atoms with E-state index < -0.39 is 0 Å². The fraction of sp³-hybridized carbons (Fsp3) is 0. The zero-order valence-corrected chi connectivity index (χ0v) is 14.2. The lowest BCUT2D eigenvalue weighted by atomic mass is 9.97. The van der Waals surface area contributed by atoms with Gasteiger partial charge in [-0.25, -0.2) is 9.97 Å². The van der Waals surface area contributed by atoms with E-state index in [1.54, 1.807) is 0 Å². The van der Waals surface area contributed by atoms with Gasteiger partial charge >= 0.3 is 0 Å². The van der Waals surface area contributed by atoms with Gasteiger partial charge in [-0.1, -0.05) is 66.7 Å². The molecule has 0 spiro atoms. The van der Waals surface area contributed by atoms with Gasteiger partial charge in [-0.05, 0) is 28.8 Å². The Labute approximate surface area is 151 Å². The molecule has 0 aliphatic carbocycles. The summed E-state index contributed by atoms with van der Waals surface area (Å²) in [6, 6.07) is 29.6. The molecule has 26 heavy (non-hydrogen) atoms. The number of aromatic nitrogens is 2. The van der Waals surface area contributed by atoms with Crippen LogP contribution in [0.5, 0.6) is 0 Å². The molecule has 2 nitrogen and oxygen atoms in total. The van der Waals surface area contributed by atoms with E-state index in [0.29, 0.717) is 0 Å². The van der Waals surface area contributed by atoms with Crippen molar-refractivity contribution in [1.29, 1.82) is 0 Å². The third kappa shape index (κ3) is 2.35. The second-order valence-electron chi connectivity index (χ2n) is 6.37. The minimum atomic E-state index is 1.00. The molecule has 0 bridgehead atoms. The number of nitrogens with zero attached hydrogens (tertiary/aromatic N) is 1. The fourth-order valence-electron chi connectivity index (χ4n) is 3.63. The lowest BCUT2D eigenvalue weighted by Crippen LogP contribution is -2.04. The average molecular weight is 333 g/mol. The monoisotopic (exact) mass is 333 g/mol. The van der Waals surface area contributed by atoms with Crippen LogP contribution in [-0.2, 0) is 0 Å². The highest BCUT2D eigenvalue weighted by Gasteiger charge is 2.15. The van der Waals surface area contributed by atoms with E-state index in [4.69, 9.17) is 4.98 Å². The molecule has 0 atom stereocenters. The molecule has 0 unspecified atom stereocenters. The van der Waals surface area contributed by atoms with Crippen molar-refractivity contribution >= 4 is 21.8 Å². The Morgan fingerprint density at radius 2 is 1.19 bits per heavy atom. The fourth-order valence-corrected chi connectivity index (χ4v) is 3.63. The molecule has 2 heterocycles. The highest BCUT2D eigenvalue weighted by Crippen LogP contribution is 2.33. The van der Waals surface area contributed by atoms with E-state index in [2.05, 4.69) is 77.8 Å². The first-order valence-electron chi connectivity index (χ1n) is 8.75. The van der Waals surface area contributed by atoms with Crippen LogP contribution in [0.25, 0.3) is 44.1 Å². The third-order valence-corrected chi connectivity index (χ3v) is 4.85. The van der Waals surface area contributed by atoms with E-state index in [1.807, 2.05) is 24.5 Å². The highest BCUT2D eigenvalue weighted by molar-refractivity contribution is 6.10. The Kier molecular flexibility index (Phi) is 3.46. The van der Waals surface area contributed by atoms with Crippen molar-refractivity contribution in [3.05, 3.63) is 97.3 Å². The molecule has 3 aromatic carbocycles. The molecular formula is C24H17N2+. The summed E-state index contributed by atoms with van der Waals surface area (Å²) < 4.78 is 0. The number of benzene rings is 3. The maximum atomic E-state index is 4.70. The van der Waals surface area contributed by atoms with Crippen molar-refractivity contribution in [1.82, 2.24) is 4.98 Å². The van der Waals surface area contributed by atoms with Gasteiger partial charge in [0.15, 0.2) is 6.20 Å². The summed E-state index contributed by atoms with van der Waals surface area (Å²) in [6.45, 7) is 0. The molecule has 0 fully saturated rings. The van der Waals surface area contributed by atoms with Crippen molar-refractivity contribution in [3.8, 4) is 22.3 Å². The summed E-state index contributed by atoms with van der Waals surface area (Å²) >= 11 is 0. The maximum absolute atomic E-state index is 4.70. The third-order valence-electron chi connectivity index (χ3n) is 4.85. The molecule has 0 saturated carbocycles. The standard InChI is InChI=1S/C24H16N2/c1-3-7-17(8-4-1)19-13-15-25-23-21(19)11-12-22-20(14-16-26-24(22)23)18-9-5-2-6-10-18/h1-16H/p+1. The van der Waals surface area contributed by atoms with E-state index in [1.165, 1.54) is 27.6 Å². The van der Waals surface area contributed by atoms with Gasteiger partial charge in [-0.3, -0.25) is 0 Å². The Morgan fingerprint density at radius 3 is 1.88 bits per heavy atom. The number of H-pyrrole nitrogens is 1. The van der Waals surface area contributed by atoms with Crippen molar-refractivity contribution < 1.29 is 4.98 Å². The van der Waals surface area contributed by atoms with Crippen molar-refractivity contribution in [3.63, 3.8) is 0 Å². The van der Waals surface area contributed by atoms with E-state index in [-0.39, 0.29) is 0 Å². The molecule has 0 aliphatic heterocycles. The predicted octanol–water partition coefficient (Wildman–Crippen LogP) is 5.54. The van der Waals surface area contributed by atoms with Crippen LogP contribution in [0.1, 0.15) is 0 Å². The number of hydrogen-bond acceptors (Lipinski definition) is 1. The lowest BCUT2D eigenvalue weighted by Gasteiger charge is -2.08. The molecule has 0 amide bonds. The van der Waals surface area contributed by atoms with Crippen LogP contribution in [0, 0.1) is 0 Å². The molecule has 1 N–H and O–H groups in total. The summed E-state index contributed by atoms with van der Waals surface area (Å²) in [7, 11) is 0. The first kappa shape index (κ1) is 14.8. The van der Waals surface area contributed by atoms with E-state index >= 15 is 0 Å². The van der Waals surface area contributed by atoms with Gasteiger partial charge in [0.05, 0.1) is 5.39 Å². The van der Waals surface area contributed by atoms with E-state index in [0.717, 1.165) is 16.4 Å². The molecule has 2 heteroatoms. The average Bonchev–Trinajstić information content (AvgIpc) is 2.74. The van der Waals surface area contributed by atoms with Crippen LogP contribution in [0.15, 0.2) is 97.3 Å². The van der Waals surface area contributed by atoms with E-state index in [9.17, 15) is 0 Å². The van der Waals surface area contributed by atoms with Gasteiger partial charge < -0.3 is 0 Å². The topological polar surface area (TPSA) is 27.0 Å². The van der Waals surface area contributed by atoms with Gasteiger partial charge in [-0.2, -0.15) is 0 Å². The number of rotatable bonds is 2. The molecule has 0 saturated heterocycles. The van der Waals surface area contributed by atoms with Gasteiger partial charge in [0, 0.05) is 23.2 Å². The minimum Gasteiger partial charge on any atom is -0.249 e. The number of aromatic amines is 1. The zero-order chi connectivity index (χ0) is 17.3.